The van der Waals surface area contributed by atoms with Crippen LogP contribution in [0.15, 0.2) is 36.9 Å². The lowest BCUT2D eigenvalue weighted by atomic mass is 10.1. The van der Waals surface area contributed by atoms with Gasteiger partial charge in [0.2, 0.25) is 0 Å². The summed E-state index contributed by atoms with van der Waals surface area (Å²) in [6.45, 7) is 1.60. The van der Waals surface area contributed by atoms with Crippen LogP contribution in [0.25, 0.3) is 21.9 Å². The zero-order valence-electron chi connectivity index (χ0n) is 15.4. The van der Waals surface area contributed by atoms with Crippen molar-refractivity contribution in [2.45, 2.75) is 12.5 Å². The molecule has 3 aromatic heterocycles. The summed E-state index contributed by atoms with van der Waals surface area (Å²) in [7, 11) is 1.90. The fraction of sp³-hybridized carbons (Fsp3) is 0.263. The Bertz CT molecular complexity index is 1140. The number of nitrogens with one attached hydrogen (secondary N) is 2. The number of ether oxygens (including phenoxy) is 1. The van der Waals surface area contributed by atoms with Crippen LogP contribution in [0.5, 0.6) is 11.8 Å². The third-order valence-electron chi connectivity index (χ3n) is 4.99. The van der Waals surface area contributed by atoms with Crippen molar-refractivity contribution in [1.82, 2.24) is 24.9 Å². The smallest absolute Gasteiger partial charge is 0.326 e. The third-order valence-corrected chi connectivity index (χ3v) is 4.99. The molecule has 1 fully saturated rings. The Morgan fingerprint density at radius 1 is 1.25 bits per heavy atom. The molecule has 9 heteroatoms. The van der Waals surface area contributed by atoms with Crippen molar-refractivity contribution in [3.05, 3.63) is 36.9 Å². The minimum atomic E-state index is 0.134. The van der Waals surface area contributed by atoms with Crippen LogP contribution in [0.2, 0.25) is 0 Å². The number of hydrogen-bond acceptors (Lipinski definition) is 8. The number of aromatic amines is 1. The number of nitrogens with two attached hydrogens (primary N) is 1. The van der Waals surface area contributed by atoms with Crippen molar-refractivity contribution in [2.24, 2.45) is 5.73 Å². The van der Waals surface area contributed by atoms with Gasteiger partial charge >= 0.3 is 6.01 Å². The summed E-state index contributed by atoms with van der Waals surface area (Å²) < 4.78 is 5.83. The molecule has 5 rings (SSSR count). The predicted octanol–water partition coefficient (Wildman–Crippen LogP) is 2.27. The Balaban J connectivity index is 1.72. The molecule has 0 saturated carbocycles. The molecule has 0 amide bonds. The highest BCUT2D eigenvalue weighted by molar-refractivity contribution is 6.14. The molecule has 4 N–H and O–H groups in total. The van der Waals surface area contributed by atoms with Gasteiger partial charge in [-0.05, 0) is 12.5 Å². The maximum atomic E-state index is 6.15. The SMILES string of the molecule is CNc1cccc2c1[nH]c1nc(Oc3cncnc3)nc(N3CC[C@@H](N)C3)c12. The van der Waals surface area contributed by atoms with Gasteiger partial charge in [0.15, 0.2) is 5.75 Å². The van der Waals surface area contributed by atoms with Crippen molar-refractivity contribution >= 4 is 33.4 Å². The van der Waals surface area contributed by atoms with Gasteiger partial charge in [-0.15, -0.1) is 0 Å². The first kappa shape index (κ1) is 16.7. The van der Waals surface area contributed by atoms with Crippen LogP contribution < -0.4 is 20.7 Å². The maximum absolute atomic E-state index is 6.15. The average Bonchev–Trinajstić information content (AvgIpc) is 3.31. The molecular formula is C19H20N8O. The van der Waals surface area contributed by atoms with E-state index >= 15 is 0 Å². The standard InChI is InChI=1S/C19H20N8O/c1-21-14-4-2-3-13-15-17(24-16(13)14)25-19(28-12-7-22-10-23-8-12)26-18(15)27-6-5-11(20)9-27/h2-4,7-8,10-11,21H,5-6,9,20H2,1H3,(H,24,25,26)/t11-/m1/s1. The molecular weight excluding hydrogens is 356 g/mol. The lowest BCUT2D eigenvalue weighted by Gasteiger charge is -2.18. The first-order valence-corrected chi connectivity index (χ1v) is 9.16. The first-order valence-electron chi connectivity index (χ1n) is 9.16. The van der Waals surface area contributed by atoms with Crippen LogP contribution >= 0.6 is 0 Å². The van der Waals surface area contributed by atoms with Crippen LogP contribution in [0.1, 0.15) is 6.42 Å². The zero-order valence-corrected chi connectivity index (χ0v) is 15.4. The fourth-order valence-corrected chi connectivity index (χ4v) is 3.69. The van der Waals surface area contributed by atoms with E-state index in [0.29, 0.717) is 5.75 Å². The normalized spacial score (nSPS) is 16.8. The molecule has 28 heavy (non-hydrogen) atoms. The van der Waals surface area contributed by atoms with Crippen molar-refractivity contribution in [3.8, 4) is 11.8 Å². The van der Waals surface area contributed by atoms with E-state index in [9.17, 15) is 0 Å². The summed E-state index contributed by atoms with van der Waals surface area (Å²) in [4.78, 5) is 22.9. The number of fused-ring (bicyclic) bond motifs is 3. The molecule has 1 aromatic carbocycles. The van der Waals surface area contributed by atoms with Crippen LogP contribution in [0, 0.1) is 0 Å². The number of para-hydroxylation sites is 1. The van der Waals surface area contributed by atoms with Gasteiger partial charge in [0.1, 0.15) is 17.8 Å². The van der Waals surface area contributed by atoms with Crippen LogP contribution in [-0.4, -0.2) is 51.1 Å². The monoisotopic (exact) mass is 376 g/mol. The number of nitrogens with zero attached hydrogens (tertiary/aromatic N) is 5. The van der Waals surface area contributed by atoms with Gasteiger partial charge in [-0.1, -0.05) is 12.1 Å². The molecule has 1 aliphatic rings. The van der Waals surface area contributed by atoms with Crippen molar-refractivity contribution in [3.63, 3.8) is 0 Å². The number of anilines is 2. The van der Waals surface area contributed by atoms with Gasteiger partial charge in [0.25, 0.3) is 0 Å². The molecule has 0 spiro atoms. The van der Waals surface area contributed by atoms with E-state index in [-0.39, 0.29) is 12.1 Å². The Labute approximate surface area is 161 Å². The molecule has 4 heterocycles. The Hall–Kier alpha value is -3.46. The molecule has 9 nitrogen and oxygen atoms in total. The van der Waals surface area contributed by atoms with Crippen LogP contribution in [0.3, 0.4) is 0 Å². The van der Waals surface area contributed by atoms with Gasteiger partial charge in [-0.3, -0.25) is 0 Å². The van der Waals surface area contributed by atoms with E-state index in [2.05, 4.69) is 36.2 Å². The van der Waals surface area contributed by atoms with Crippen molar-refractivity contribution in [1.29, 1.82) is 0 Å². The van der Waals surface area contributed by atoms with E-state index in [1.807, 2.05) is 19.2 Å². The van der Waals surface area contributed by atoms with E-state index in [4.69, 9.17) is 15.5 Å². The fourth-order valence-electron chi connectivity index (χ4n) is 3.69. The van der Waals surface area contributed by atoms with E-state index in [1.165, 1.54) is 6.33 Å². The van der Waals surface area contributed by atoms with Gasteiger partial charge in [-0.25, -0.2) is 9.97 Å². The molecule has 1 aliphatic heterocycles. The summed E-state index contributed by atoms with van der Waals surface area (Å²) in [5.41, 5.74) is 8.85. The Kier molecular flexibility index (Phi) is 3.94. The highest BCUT2D eigenvalue weighted by Crippen LogP contribution is 2.37. The third kappa shape index (κ3) is 2.76. The highest BCUT2D eigenvalue weighted by Gasteiger charge is 2.25. The first-order chi connectivity index (χ1) is 13.7. The molecule has 1 atom stereocenters. The molecule has 0 aliphatic carbocycles. The summed E-state index contributed by atoms with van der Waals surface area (Å²) in [6, 6.07) is 6.50. The summed E-state index contributed by atoms with van der Waals surface area (Å²) in [6.07, 6.45) is 5.54. The highest BCUT2D eigenvalue weighted by atomic mass is 16.5. The van der Waals surface area contributed by atoms with Gasteiger partial charge in [-0.2, -0.15) is 9.97 Å². The lowest BCUT2D eigenvalue weighted by molar-refractivity contribution is 0.439. The zero-order chi connectivity index (χ0) is 19.1. The average molecular weight is 376 g/mol. The second kappa shape index (κ2) is 6.61. The number of hydrogen-bond donors (Lipinski definition) is 3. The van der Waals surface area contributed by atoms with Crippen molar-refractivity contribution in [2.75, 3.05) is 30.4 Å². The second-order valence-electron chi connectivity index (χ2n) is 6.83. The molecule has 1 saturated heterocycles. The Morgan fingerprint density at radius 2 is 2.11 bits per heavy atom. The summed E-state index contributed by atoms with van der Waals surface area (Å²) >= 11 is 0. The van der Waals surface area contributed by atoms with Gasteiger partial charge in [0, 0.05) is 31.6 Å². The van der Waals surface area contributed by atoms with Crippen molar-refractivity contribution < 1.29 is 4.74 Å². The number of rotatable bonds is 4. The van der Waals surface area contributed by atoms with Gasteiger partial charge in [0.05, 0.1) is 29.0 Å². The van der Waals surface area contributed by atoms with Crippen LogP contribution in [-0.2, 0) is 0 Å². The largest absolute Gasteiger partial charge is 0.421 e. The van der Waals surface area contributed by atoms with Crippen LogP contribution in [0.4, 0.5) is 11.5 Å². The minimum absolute atomic E-state index is 0.134. The molecule has 0 unspecified atom stereocenters. The minimum Gasteiger partial charge on any atom is -0.421 e. The maximum Gasteiger partial charge on any atom is 0.326 e. The number of aromatic nitrogens is 5. The molecule has 142 valence electrons. The summed E-state index contributed by atoms with van der Waals surface area (Å²) in [5, 5.41) is 5.25. The van der Waals surface area contributed by atoms with E-state index in [1.54, 1.807) is 12.4 Å². The molecule has 4 aromatic rings. The number of benzene rings is 1. The second-order valence-corrected chi connectivity index (χ2v) is 6.83. The molecule has 0 bridgehead atoms. The van der Waals surface area contributed by atoms with E-state index < -0.39 is 0 Å². The van der Waals surface area contributed by atoms with Gasteiger partial charge < -0.3 is 25.7 Å². The molecule has 0 radical (unpaired) electrons. The number of H-pyrrole nitrogens is 1. The lowest BCUT2D eigenvalue weighted by Crippen LogP contribution is -2.27. The predicted molar refractivity (Wildman–Crippen MR) is 108 cm³/mol. The van der Waals surface area contributed by atoms with E-state index in [0.717, 1.165) is 53.0 Å². The topological polar surface area (TPSA) is 118 Å². The quantitative estimate of drug-likeness (QED) is 0.496. The summed E-state index contributed by atoms with van der Waals surface area (Å²) in [5.74, 6) is 1.31. The Morgan fingerprint density at radius 3 is 2.86 bits per heavy atom.